The van der Waals surface area contributed by atoms with Gasteiger partial charge in [0, 0.05) is 5.41 Å². The van der Waals surface area contributed by atoms with Gasteiger partial charge >= 0.3 is 0 Å². The zero-order valence-corrected chi connectivity index (χ0v) is 16.9. The zero-order chi connectivity index (χ0) is 18.2. The third-order valence-corrected chi connectivity index (χ3v) is 6.46. The molecule has 0 aliphatic heterocycles. The van der Waals surface area contributed by atoms with Crippen LogP contribution in [0.3, 0.4) is 0 Å². The summed E-state index contributed by atoms with van der Waals surface area (Å²) in [6, 6.07) is 14.3. The molecular formula is C25H34. The molecule has 2 unspecified atom stereocenters. The summed E-state index contributed by atoms with van der Waals surface area (Å²) in [5.74, 6) is 1.48. The van der Waals surface area contributed by atoms with Crippen LogP contribution in [0.15, 0.2) is 36.4 Å². The van der Waals surface area contributed by atoms with Gasteiger partial charge in [0.15, 0.2) is 0 Å². The predicted molar refractivity (Wildman–Crippen MR) is 110 cm³/mol. The van der Waals surface area contributed by atoms with Crippen LogP contribution in [0.4, 0.5) is 0 Å². The fraction of sp³-hybridized carbons (Fsp3) is 0.520. The minimum atomic E-state index is 0.188. The van der Waals surface area contributed by atoms with Crippen molar-refractivity contribution in [2.45, 2.75) is 72.6 Å². The molecule has 0 saturated heterocycles. The maximum Gasteiger partial charge on any atom is 0.0220 e. The van der Waals surface area contributed by atoms with Crippen LogP contribution in [0.25, 0.3) is 11.1 Å². The van der Waals surface area contributed by atoms with Gasteiger partial charge in [-0.15, -0.1) is 0 Å². The van der Waals surface area contributed by atoms with Gasteiger partial charge in [-0.25, -0.2) is 0 Å². The fourth-order valence-electron chi connectivity index (χ4n) is 4.72. The molecule has 1 aliphatic carbocycles. The van der Waals surface area contributed by atoms with Crippen LogP contribution in [-0.4, -0.2) is 0 Å². The predicted octanol–water partition coefficient (Wildman–Crippen LogP) is 7.44. The van der Waals surface area contributed by atoms with Crippen molar-refractivity contribution in [2.75, 3.05) is 0 Å². The van der Waals surface area contributed by atoms with E-state index in [1.165, 1.54) is 47.9 Å². The second-order valence-electron chi connectivity index (χ2n) is 8.62. The highest BCUT2D eigenvalue weighted by molar-refractivity contribution is 5.81. The van der Waals surface area contributed by atoms with E-state index < -0.39 is 0 Å². The molecule has 0 saturated carbocycles. The number of benzene rings is 2. The van der Waals surface area contributed by atoms with E-state index in [1.807, 2.05) is 0 Å². The lowest BCUT2D eigenvalue weighted by Crippen LogP contribution is -2.30. The summed E-state index contributed by atoms with van der Waals surface area (Å²) >= 11 is 0. The molecule has 0 radical (unpaired) electrons. The standard InChI is InChI=1S/C25H34/c1-7-17(3)15-25(16-18(4)8-2)23-13-19(5)9-11-21(23)22-12-10-20(6)14-24(22)25/h9-14,17-18H,7-8,15-16H2,1-6H3. The SMILES string of the molecule is CCC(C)CC1(CC(C)CC)c2cc(C)ccc2-c2ccc(C)cc21. The average Bonchev–Trinajstić information content (AvgIpc) is 2.84. The van der Waals surface area contributed by atoms with Gasteiger partial charge in [0.25, 0.3) is 0 Å². The smallest absolute Gasteiger partial charge is 0.0220 e. The number of hydrogen-bond acceptors (Lipinski definition) is 0. The van der Waals surface area contributed by atoms with Crippen LogP contribution >= 0.6 is 0 Å². The highest BCUT2D eigenvalue weighted by atomic mass is 14.5. The highest BCUT2D eigenvalue weighted by Gasteiger charge is 2.44. The lowest BCUT2D eigenvalue weighted by Gasteiger charge is -2.37. The van der Waals surface area contributed by atoms with Gasteiger partial charge in [-0.05, 0) is 60.8 Å². The van der Waals surface area contributed by atoms with Crippen molar-refractivity contribution in [3.63, 3.8) is 0 Å². The van der Waals surface area contributed by atoms with Gasteiger partial charge in [0.2, 0.25) is 0 Å². The first-order chi connectivity index (χ1) is 11.9. The highest BCUT2D eigenvalue weighted by Crippen LogP contribution is 2.55. The Morgan fingerprint density at radius 1 is 0.720 bits per heavy atom. The fourth-order valence-corrected chi connectivity index (χ4v) is 4.72. The molecule has 0 amide bonds. The Hall–Kier alpha value is -1.56. The summed E-state index contributed by atoms with van der Waals surface area (Å²) in [6.45, 7) is 14.0. The molecule has 2 aromatic rings. The molecule has 2 atom stereocenters. The lowest BCUT2D eigenvalue weighted by atomic mass is 9.66. The van der Waals surface area contributed by atoms with Crippen LogP contribution in [0.2, 0.25) is 0 Å². The monoisotopic (exact) mass is 334 g/mol. The van der Waals surface area contributed by atoms with Gasteiger partial charge in [-0.2, -0.15) is 0 Å². The Morgan fingerprint density at radius 3 is 1.48 bits per heavy atom. The third kappa shape index (κ3) is 3.16. The number of rotatable bonds is 6. The van der Waals surface area contributed by atoms with Gasteiger partial charge < -0.3 is 0 Å². The normalized spacial score (nSPS) is 17.0. The number of fused-ring (bicyclic) bond motifs is 3. The van der Waals surface area contributed by atoms with Crippen molar-refractivity contribution in [2.24, 2.45) is 11.8 Å². The maximum absolute atomic E-state index is 2.48. The van der Waals surface area contributed by atoms with Crippen LogP contribution < -0.4 is 0 Å². The Morgan fingerprint density at radius 2 is 1.12 bits per heavy atom. The Kier molecular flexibility index (Phi) is 5.09. The summed E-state index contributed by atoms with van der Waals surface area (Å²) in [5, 5.41) is 0. The van der Waals surface area contributed by atoms with E-state index in [2.05, 4.69) is 77.9 Å². The second-order valence-corrected chi connectivity index (χ2v) is 8.62. The quantitative estimate of drug-likeness (QED) is 0.515. The molecule has 1 aliphatic rings. The molecule has 3 rings (SSSR count). The van der Waals surface area contributed by atoms with Crippen LogP contribution in [-0.2, 0) is 5.41 Å². The molecule has 0 fully saturated rings. The Balaban J connectivity index is 2.27. The van der Waals surface area contributed by atoms with E-state index in [-0.39, 0.29) is 5.41 Å². The van der Waals surface area contributed by atoms with Crippen molar-refractivity contribution < 1.29 is 0 Å². The third-order valence-electron chi connectivity index (χ3n) is 6.46. The molecule has 0 bridgehead atoms. The second kappa shape index (κ2) is 6.98. The summed E-state index contributed by atoms with van der Waals surface area (Å²) in [7, 11) is 0. The van der Waals surface area contributed by atoms with Gasteiger partial charge in [0.05, 0.1) is 0 Å². The average molecular weight is 335 g/mol. The van der Waals surface area contributed by atoms with Crippen LogP contribution in [0, 0.1) is 25.7 Å². The largest absolute Gasteiger partial charge is 0.0651 e. The molecule has 0 spiro atoms. The summed E-state index contributed by atoms with van der Waals surface area (Å²) in [6.07, 6.45) is 5.04. The summed E-state index contributed by atoms with van der Waals surface area (Å²) in [4.78, 5) is 0. The van der Waals surface area contributed by atoms with E-state index in [4.69, 9.17) is 0 Å². The summed E-state index contributed by atoms with van der Waals surface area (Å²) < 4.78 is 0. The molecular weight excluding hydrogens is 300 g/mol. The Labute approximate surface area is 154 Å². The minimum absolute atomic E-state index is 0.188. The molecule has 0 aromatic heterocycles. The lowest BCUT2D eigenvalue weighted by molar-refractivity contribution is 0.308. The molecule has 0 N–H and O–H groups in total. The molecule has 134 valence electrons. The number of aryl methyl sites for hydroxylation is 2. The molecule has 25 heavy (non-hydrogen) atoms. The van der Waals surface area contributed by atoms with Crippen molar-refractivity contribution in [3.8, 4) is 11.1 Å². The van der Waals surface area contributed by atoms with Gasteiger partial charge in [-0.3, -0.25) is 0 Å². The van der Waals surface area contributed by atoms with Crippen LogP contribution in [0.5, 0.6) is 0 Å². The van der Waals surface area contributed by atoms with E-state index in [0.29, 0.717) is 0 Å². The maximum atomic E-state index is 2.48. The molecule has 0 heteroatoms. The van der Waals surface area contributed by atoms with Crippen molar-refractivity contribution >= 4 is 0 Å². The van der Waals surface area contributed by atoms with E-state index in [0.717, 1.165) is 11.8 Å². The molecule has 2 aromatic carbocycles. The zero-order valence-electron chi connectivity index (χ0n) is 16.9. The Bertz CT molecular complexity index is 687. The van der Waals surface area contributed by atoms with Crippen molar-refractivity contribution in [3.05, 3.63) is 58.7 Å². The van der Waals surface area contributed by atoms with Crippen molar-refractivity contribution in [1.82, 2.24) is 0 Å². The van der Waals surface area contributed by atoms with E-state index >= 15 is 0 Å². The minimum Gasteiger partial charge on any atom is -0.0651 e. The number of hydrogen-bond donors (Lipinski definition) is 0. The van der Waals surface area contributed by atoms with E-state index in [9.17, 15) is 0 Å². The summed E-state index contributed by atoms with van der Waals surface area (Å²) in [5.41, 5.74) is 9.11. The first kappa shape index (κ1) is 18.2. The van der Waals surface area contributed by atoms with Gasteiger partial charge in [-0.1, -0.05) is 88.1 Å². The topological polar surface area (TPSA) is 0 Å². The van der Waals surface area contributed by atoms with Gasteiger partial charge in [0.1, 0.15) is 0 Å². The van der Waals surface area contributed by atoms with Crippen molar-refractivity contribution in [1.29, 1.82) is 0 Å². The first-order valence-electron chi connectivity index (χ1n) is 10.1. The molecule has 0 heterocycles. The molecule has 0 nitrogen and oxygen atoms in total. The van der Waals surface area contributed by atoms with E-state index in [1.54, 1.807) is 11.1 Å². The van der Waals surface area contributed by atoms with Crippen LogP contribution in [0.1, 0.15) is 75.6 Å². The first-order valence-corrected chi connectivity index (χ1v) is 10.1.